The van der Waals surface area contributed by atoms with Crippen molar-refractivity contribution in [1.29, 1.82) is 0 Å². The molecule has 1 rings (SSSR count). The molecule has 2 N–H and O–H groups in total. The predicted octanol–water partition coefficient (Wildman–Crippen LogP) is 0.634. The molecule has 7 heavy (non-hydrogen) atoms. The Labute approximate surface area is 46.2 Å². The molecule has 1 aliphatic heterocycles. The molecule has 1 fully saturated rings. The molecule has 1 heterocycles. The number of hydrogen-bond acceptors (Lipinski definition) is 3. The van der Waals surface area contributed by atoms with Crippen molar-refractivity contribution in [3.8, 4) is 0 Å². The van der Waals surface area contributed by atoms with Crippen molar-refractivity contribution in [2.45, 2.75) is 6.42 Å². The van der Waals surface area contributed by atoms with E-state index < -0.39 is 4.21 Å². The summed E-state index contributed by atoms with van der Waals surface area (Å²) in [6.45, 7) is 0.463. The van der Waals surface area contributed by atoms with Gasteiger partial charge in [0.15, 0.2) is 6.54 Å². The minimum atomic E-state index is -0.833. The Morgan fingerprint density at radius 2 is 2.14 bits per heavy atom. The number of hydrogen-bond donors (Lipinski definition) is 2. The van der Waals surface area contributed by atoms with Gasteiger partial charge in [-0.25, -0.2) is 0 Å². The summed E-state index contributed by atoms with van der Waals surface area (Å²) in [5, 5.41) is 17.3. The molecule has 4 heteroatoms. The quantitative estimate of drug-likeness (QED) is 0.366. The fourth-order valence-corrected chi connectivity index (χ4v) is 1.35. The molecule has 0 aromatic rings. The zero-order valence-corrected chi connectivity index (χ0v) is 4.69. The average molecular weight is 122 g/mol. The maximum absolute atomic E-state index is 8.65. The van der Waals surface area contributed by atoms with Crippen molar-refractivity contribution in [2.24, 2.45) is 0 Å². The molecular weight excluding hydrogens is 114 g/mol. The van der Waals surface area contributed by atoms with E-state index in [0.717, 1.165) is 24.1 Å². The van der Waals surface area contributed by atoms with E-state index in [1.165, 1.54) is 0 Å². The summed E-state index contributed by atoms with van der Waals surface area (Å²) in [4.78, 5) is 0. The molecule has 0 saturated carbocycles. The molecule has 3 nitrogen and oxygen atoms in total. The lowest BCUT2D eigenvalue weighted by molar-refractivity contribution is -1.14. The van der Waals surface area contributed by atoms with Crippen LogP contribution in [0.2, 0.25) is 0 Å². The van der Waals surface area contributed by atoms with Gasteiger partial charge in [-0.15, -0.1) is 0 Å². The van der Waals surface area contributed by atoms with Crippen LogP contribution in [-0.4, -0.2) is 26.9 Å². The van der Waals surface area contributed by atoms with Crippen molar-refractivity contribution < 1.29 is 14.6 Å². The normalized spacial score (nSPS) is 28.3. The first-order valence-electron chi connectivity index (χ1n) is 2.19. The molecule has 0 atom stereocenters. The van der Waals surface area contributed by atoms with Gasteiger partial charge in [0, 0.05) is 10.6 Å². The number of rotatable bonds is 0. The summed E-state index contributed by atoms with van der Waals surface area (Å²) >= 11 is 1.15. The maximum atomic E-state index is 8.65. The molecule has 0 spiro atoms. The number of hydroxylamine groups is 2. The molecule has 0 aromatic heterocycles. The summed E-state index contributed by atoms with van der Waals surface area (Å²) in [5.41, 5.74) is 0. The van der Waals surface area contributed by atoms with Crippen LogP contribution in [0.3, 0.4) is 0 Å². The summed E-state index contributed by atoms with van der Waals surface area (Å²) in [6, 6.07) is 0. The van der Waals surface area contributed by atoms with E-state index in [0.29, 0.717) is 6.54 Å². The van der Waals surface area contributed by atoms with Gasteiger partial charge in [0.25, 0.3) is 0 Å². The van der Waals surface area contributed by atoms with Crippen LogP contribution in [0.25, 0.3) is 0 Å². The third kappa shape index (κ3) is 1.31. The fraction of sp³-hybridized carbons (Fsp3) is 1.00. The Morgan fingerprint density at radius 1 is 1.43 bits per heavy atom. The minimum absolute atomic E-state index is 0.463. The van der Waals surface area contributed by atoms with Gasteiger partial charge in [-0.3, -0.25) is 0 Å². The van der Waals surface area contributed by atoms with E-state index in [1.54, 1.807) is 0 Å². The topological polar surface area (TPSA) is 40.5 Å². The van der Waals surface area contributed by atoms with Crippen LogP contribution < -0.4 is 0 Å². The molecule has 42 valence electrons. The second-order valence-corrected chi connectivity index (χ2v) is 2.83. The van der Waals surface area contributed by atoms with Gasteiger partial charge in [0.1, 0.15) is 11.9 Å². The van der Waals surface area contributed by atoms with Crippen molar-refractivity contribution in [2.75, 3.05) is 12.3 Å². The smallest absolute Gasteiger partial charge is 0.155 e. The number of quaternary nitrogens is 1. The SMILES string of the molecule is O[N+]1(O)CCCS1. The molecule has 0 aromatic carbocycles. The van der Waals surface area contributed by atoms with Crippen LogP contribution in [0, 0.1) is 0 Å². The van der Waals surface area contributed by atoms with Gasteiger partial charge < -0.3 is 0 Å². The first-order valence-corrected chi connectivity index (χ1v) is 3.13. The van der Waals surface area contributed by atoms with Crippen LogP contribution in [0.1, 0.15) is 6.42 Å². The zero-order chi connectivity index (χ0) is 5.33. The fourth-order valence-electron chi connectivity index (χ4n) is 0.546. The van der Waals surface area contributed by atoms with E-state index in [2.05, 4.69) is 0 Å². The molecule has 0 bridgehead atoms. The lowest BCUT2D eigenvalue weighted by Gasteiger charge is -2.08. The second kappa shape index (κ2) is 1.63. The zero-order valence-electron chi connectivity index (χ0n) is 3.87. The maximum Gasteiger partial charge on any atom is 0.155 e. The first kappa shape index (κ1) is 5.37. The molecule has 1 aliphatic rings. The third-order valence-corrected chi connectivity index (χ3v) is 1.96. The monoisotopic (exact) mass is 122 g/mol. The Morgan fingerprint density at radius 3 is 2.29 bits per heavy atom. The van der Waals surface area contributed by atoms with Gasteiger partial charge in [-0.2, -0.15) is 10.4 Å². The first-order chi connectivity index (χ1) is 3.21. The van der Waals surface area contributed by atoms with Crippen molar-refractivity contribution in [3.63, 3.8) is 0 Å². The lowest BCUT2D eigenvalue weighted by atomic mass is 10.5. The Kier molecular flexibility index (Phi) is 1.25. The van der Waals surface area contributed by atoms with Crippen molar-refractivity contribution in [1.82, 2.24) is 0 Å². The van der Waals surface area contributed by atoms with E-state index >= 15 is 0 Å². The highest BCUT2D eigenvalue weighted by Crippen LogP contribution is 2.23. The molecular formula is C3H8NO2S+. The van der Waals surface area contributed by atoms with Gasteiger partial charge in [0.05, 0.1) is 5.75 Å². The van der Waals surface area contributed by atoms with E-state index in [4.69, 9.17) is 10.4 Å². The van der Waals surface area contributed by atoms with Crippen LogP contribution in [0.5, 0.6) is 0 Å². The lowest BCUT2D eigenvalue weighted by Crippen LogP contribution is -2.29. The van der Waals surface area contributed by atoms with Crippen molar-refractivity contribution in [3.05, 3.63) is 0 Å². The van der Waals surface area contributed by atoms with Crippen LogP contribution >= 0.6 is 11.9 Å². The van der Waals surface area contributed by atoms with Crippen molar-refractivity contribution >= 4 is 11.9 Å². The summed E-state index contributed by atoms with van der Waals surface area (Å²) in [7, 11) is 0. The van der Waals surface area contributed by atoms with Crippen LogP contribution in [0.4, 0.5) is 0 Å². The Hall–Kier alpha value is 0.230. The molecule has 0 aliphatic carbocycles. The van der Waals surface area contributed by atoms with Gasteiger partial charge in [0.2, 0.25) is 0 Å². The number of nitrogens with zero attached hydrogens (tertiary/aromatic N) is 1. The minimum Gasteiger partial charge on any atom is -0.169 e. The largest absolute Gasteiger partial charge is 0.169 e. The predicted molar refractivity (Wildman–Crippen MR) is 25.8 cm³/mol. The molecule has 0 unspecified atom stereocenters. The highest BCUT2D eigenvalue weighted by Gasteiger charge is 2.30. The highest BCUT2D eigenvalue weighted by atomic mass is 32.2. The van der Waals surface area contributed by atoms with E-state index in [-0.39, 0.29) is 0 Å². The molecule has 0 amide bonds. The van der Waals surface area contributed by atoms with E-state index in [1.807, 2.05) is 0 Å². The van der Waals surface area contributed by atoms with Gasteiger partial charge in [-0.1, -0.05) is 0 Å². The molecule has 1 saturated heterocycles. The second-order valence-electron chi connectivity index (χ2n) is 1.58. The van der Waals surface area contributed by atoms with Gasteiger partial charge >= 0.3 is 0 Å². The highest BCUT2D eigenvalue weighted by molar-refractivity contribution is 7.93. The van der Waals surface area contributed by atoms with Gasteiger partial charge in [-0.05, 0) is 0 Å². The summed E-state index contributed by atoms with van der Waals surface area (Å²) in [6.07, 6.45) is 0.900. The average Bonchev–Trinajstić information content (AvgIpc) is 1.84. The Balaban J connectivity index is 2.40. The third-order valence-electron chi connectivity index (χ3n) is 0.892. The summed E-state index contributed by atoms with van der Waals surface area (Å²) in [5.74, 6) is 0.854. The van der Waals surface area contributed by atoms with Crippen LogP contribution in [0.15, 0.2) is 0 Å². The summed E-state index contributed by atoms with van der Waals surface area (Å²) < 4.78 is -0.833. The van der Waals surface area contributed by atoms with Crippen LogP contribution in [-0.2, 0) is 0 Å². The standard InChI is InChI=1S/C3H8NO2S/c5-4(6)2-1-3-7-4/h5-6H,1-3H2/q+1. The Bertz CT molecular complexity index is 67.3. The van der Waals surface area contributed by atoms with E-state index in [9.17, 15) is 0 Å². The molecule has 0 radical (unpaired) electrons.